The summed E-state index contributed by atoms with van der Waals surface area (Å²) in [6.45, 7) is 1.41. The molecule has 0 radical (unpaired) electrons. The lowest BCUT2D eigenvalue weighted by molar-refractivity contribution is -0.144. The molecule has 92 valence electrons. The highest BCUT2D eigenvalue weighted by atomic mass is 16.4. The van der Waals surface area contributed by atoms with Gasteiger partial charge >= 0.3 is 12.0 Å². The summed E-state index contributed by atoms with van der Waals surface area (Å²) in [4.78, 5) is 34.6. The second-order valence-corrected chi connectivity index (χ2v) is 3.37. The molecule has 0 bridgehead atoms. The van der Waals surface area contributed by atoms with Gasteiger partial charge in [-0.2, -0.15) is 0 Å². The minimum atomic E-state index is -1.15. The number of nitrogens with zero attached hydrogens (tertiary/aromatic N) is 1. The Morgan fingerprint density at radius 1 is 1.65 bits per heavy atom. The second kappa shape index (κ2) is 5.75. The maximum absolute atomic E-state index is 11.6. The highest BCUT2D eigenvalue weighted by Crippen LogP contribution is 2.04. The van der Waals surface area contributed by atoms with Crippen molar-refractivity contribution < 1.29 is 19.5 Å². The summed E-state index contributed by atoms with van der Waals surface area (Å²) in [7, 11) is 0. The van der Waals surface area contributed by atoms with Crippen LogP contribution in [0.15, 0.2) is 0 Å². The van der Waals surface area contributed by atoms with E-state index in [1.165, 1.54) is 0 Å². The Morgan fingerprint density at radius 3 is 2.94 bits per heavy atom. The Kier molecular flexibility index (Phi) is 4.34. The molecule has 0 aromatic heterocycles. The largest absolute Gasteiger partial charge is 0.480 e. The molecule has 0 saturated carbocycles. The summed E-state index contributed by atoms with van der Waals surface area (Å²) in [5, 5.41) is 13.7. The molecular formula is C10H13N3O4. The van der Waals surface area contributed by atoms with Crippen LogP contribution in [0.25, 0.3) is 0 Å². The van der Waals surface area contributed by atoms with Crippen molar-refractivity contribution in [2.75, 3.05) is 19.6 Å². The van der Waals surface area contributed by atoms with Crippen molar-refractivity contribution in [2.45, 2.75) is 13.0 Å². The number of carbonyl (C=O) groups excluding carboxylic acids is 2. The predicted octanol–water partition coefficient (Wildman–Crippen LogP) is -1.40. The van der Waals surface area contributed by atoms with Gasteiger partial charge in [0, 0.05) is 6.54 Å². The number of aliphatic carboxylic acids is 1. The van der Waals surface area contributed by atoms with Gasteiger partial charge in [-0.3, -0.25) is 9.69 Å². The zero-order chi connectivity index (χ0) is 12.8. The van der Waals surface area contributed by atoms with E-state index < -0.39 is 18.0 Å². The molecule has 3 N–H and O–H groups in total. The molecule has 1 rings (SSSR count). The topological polar surface area (TPSA) is 98.7 Å². The van der Waals surface area contributed by atoms with Gasteiger partial charge in [0.25, 0.3) is 0 Å². The van der Waals surface area contributed by atoms with Gasteiger partial charge in [-0.15, -0.1) is 5.92 Å². The number of carboxylic acids is 1. The second-order valence-electron chi connectivity index (χ2n) is 3.37. The summed E-state index contributed by atoms with van der Waals surface area (Å²) < 4.78 is 0. The molecule has 1 saturated heterocycles. The average Bonchev–Trinajstić information content (AvgIpc) is 2.28. The van der Waals surface area contributed by atoms with Crippen LogP contribution in [-0.4, -0.2) is 53.6 Å². The third-order valence-corrected chi connectivity index (χ3v) is 2.23. The molecule has 3 amide bonds. The van der Waals surface area contributed by atoms with Gasteiger partial charge in [-0.25, -0.2) is 9.59 Å². The SMILES string of the molecule is CC#CCNC(=O)N1CC(=O)NCC1C(=O)O. The van der Waals surface area contributed by atoms with Crippen LogP contribution in [0.1, 0.15) is 6.92 Å². The zero-order valence-corrected chi connectivity index (χ0v) is 9.32. The molecule has 17 heavy (non-hydrogen) atoms. The number of urea groups is 1. The fourth-order valence-corrected chi connectivity index (χ4v) is 1.39. The number of carboxylic acid groups (broad SMARTS) is 1. The van der Waals surface area contributed by atoms with Crippen molar-refractivity contribution >= 4 is 17.9 Å². The van der Waals surface area contributed by atoms with Crippen LogP contribution < -0.4 is 10.6 Å². The van der Waals surface area contributed by atoms with Crippen molar-refractivity contribution in [3.8, 4) is 11.8 Å². The van der Waals surface area contributed by atoms with Crippen LogP contribution in [0, 0.1) is 11.8 Å². The fraction of sp³-hybridized carbons (Fsp3) is 0.500. The minimum absolute atomic E-state index is 0.0823. The van der Waals surface area contributed by atoms with Gasteiger partial charge in [0.05, 0.1) is 6.54 Å². The molecule has 0 aromatic rings. The van der Waals surface area contributed by atoms with E-state index in [1.54, 1.807) is 6.92 Å². The Bertz CT molecular complexity index is 396. The van der Waals surface area contributed by atoms with E-state index in [0.717, 1.165) is 4.90 Å². The van der Waals surface area contributed by atoms with Crippen LogP contribution in [0.2, 0.25) is 0 Å². The van der Waals surface area contributed by atoms with Crippen molar-refractivity contribution in [2.24, 2.45) is 0 Å². The average molecular weight is 239 g/mol. The van der Waals surface area contributed by atoms with Gasteiger partial charge < -0.3 is 15.7 Å². The maximum atomic E-state index is 11.6. The third-order valence-electron chi connectivity index (χ3n) is 2.23. The predicted molar refractivity (Wildman–Crippen MR) is 58.0 cm³/mol. The number of hydrogen-bond acceptors (Lipinski definition) is 3. The summed E-state index contributed by atoms with van der Waals surface area (Å²) >= 11 is 0. The Morgan fingerprint density at radius 2 is 2.35 bits per heavy atom. The molecule has 1 atom stereocenters. The smallest absolute Gasteiger partial charge is 0.328 e. The van der Waals surface area contributed by atoms with E-state index >= 15 is 0 Å². The number of piperazine rings is 1. The van der Waals surface area contributed by atoms with E-state index in [9.17, 15) is 14.4 Å². The first kappa shape index (κ1) is 12.8. The number of hydrogen-bond donors (Lipinski definition) is 3. The normalized spacial score (nSPS) is 18.8. The molecule has 1 heterocycles. The van der Waals surface area contributed by atoms with E-state index in [4.69, 9.17) is 5.11 Å². The fourth-order valence-electron chi connectivity index (χ4n) is 1.39. The highest BCUT2D eigenvalue weighted by Gasteiger charge is 2.34. The van der Waals surface area contributed by atoms with E-state index in [2.05, 4.69) is 22.5 Å². The van der Waals surface area contributed by atoms with Crippen molar-refractivity contribution in [1.82, 2.24) is 15.5 Å². The quantitative estimate of drug-likeness (QED) is 0.516. The lowest BCUT2D eigenvalue weighted by Gasteiger charge is -2.32. The standard InChI is InChI=1S/C10H13N3O4/c1-2-3-4-11-10(17)13-6-8(14)12-5-7(13)9(15)16/h7H,4-6H2,1H3,(H,11,17)(H,12,14)(H,15,16). The van der Waals surface area contributed by atoms with Crippen LogP contribution in [0.5, 0.6) is 0 Å². The summed E-state index contributed by atoms with van der Waals surface area (Å²) in [6.07, 6.45) is 0. The van der Waals surface area contributed by atoms with E-state index in [-0.39, 0.29) is 25.5 Å². The Labute approximate surface area is 98.2 Å². The van der Waals surface area contributed by atoms with Crippen LogP contribution in [-0.2, 0) is 9.59 Å². The van der Waals surface area contributed by atoms with Crippen molar-refractivity contribution in [3.63, 3.8) is 0 Å². The first-order valence-corrected chi connectivity index (χ1v) is 5.00. The van der Waals surface area contributed by atoms with Crippen LogP contribution >= 0.6 is 0 Å². The minimum Gasteiger partial charge on any atom is -0.480 e. The molecule has 1 unspecified atom stereocenters. The zero-order valence-electron chi connectivity index (χ0n) is 9.32. The Hall–Kier alpha value is -2.23. The summed E-state index contributed by atoms with van der Waals surface area (Å²) in [5.74, 6) is 3.68. The number of nitrogens with one attached hydrogen (secondary N) is 2. The summed E-state index contributed by atoms with van der Waals surface area (Å²) in [6, 6.07) is -1.64. The first-order chi connectivity index (χ1) is 8.06. The maximum Gasteiger partial charge on any atom is 0.328 e. The molecule has 1 aliphatic heterocycles. The number of rotatable bonds is 2. The molecule has 7 nitrogen and oxygen atoms in total. The van der Waals surface area contributed by atoms with Crippen molar-refractivity contribution in [1.29, 1.82) is 0 Å². The molecule has 1 aliphatic rings. The van der Waals surface area contributed by atoms with Crippen molar-refractivity contribution in [3.05, 3.63) is 0 Å². The number of carbonyl (C=O) groups is 3. The molecule has 0 aliphatic carbocycles. The Balaban J connectivity index is 2.67. The number of amides is 3. The molecule has 0 aromatic carbocycles. The van der Waals surface area contributed by atoms with Gasteiger partial charge in [0.15, 0.2) is 0 Å². The molecule has 7 heteroatoms. The van der Waals surface area contributed by atoms with Gasteiger partial charge in [-0.1, -0.05) is 5.92 Å². The van der Waals surface area contributed by atoms with E-state index in [0.29, 0.717) is 0 Å². The van der Waals surface area contributed by atoms with E-state index in [1.807, 2.05) is 0 Å². The van der Waals surface area contributed by atoms with Crippen LogP contribution in [0.3, 0.4) is 0 Å². The monoisotopic (exact) mass is 239 g/mol. The molecular weight excluding hydrogens is 226 g/mol. The summed E-state index contributed by atoms with van der Waals surface area (Å²) in [5.41, 5.74) is 0. The molecule has 0 spiro atoms. The molecule has 1 fully saturated rings. The third kappa shape index (κ3) is 3.38. The van der Waals surface area contributed by atoms with Crippen LogP contribution in [0.4, 0.5) is 4.79 Å². The van der Waals surface area contributed by atoms with Gasteiger partial charge in [0.1, 0.15) is 12.6 Å². The first-order valence-electron chi connectivity index (χ1n) is 5.00. The lowest BCUT2D eigenvalue weighted by atomic mass is 10.2. The van der Waals surface area contributed by atoms with Gasteiger partial charge in [0.2, 0.25) is 5.91 Å². The highest BCUT2D eigenvalue weighted by molar-refractivity contribution is 5.90. The van der Waals surface area contributed by atoms with Gasteiger partial charge in [-0.05, 0) is 6.92 Å². The lowest BCUT2D eigenvalue weighted by Crippen LogP contribution is -2.61.